The van der Waals surface area contributed by atoms with Crippen LogP contribution in [0.25, 0.3) is 11.3 Å². The van der Waals surface area contributed by atoms with Crippen molar-refractivity contribution in [2.24, 2.45) is 5.73 Å². The molecule has 11 heteroatoms. The number of hydrogen-bond acceptors (Lipinski definition) is 6. The molecule has 0 bridgehead atoms. The Hall–Kier alpha value is -3.50. The first-order valence-electron chi connectivity index (χ1n) is 9.54. The maximum Gasteiger partial charge on any atom is 0.487 e. The first-order valence-corrected chi connectivity index (χ1v) is 9.91. The molecule has 0 radical (unpaired) electrons. The monoisotopic (exact) mass is 461 g/mol. The second-order valence-corrected chi connectivity index (χ2v) is 7.62. The fraction of sp³-hybridized carbons (Fsp3) is 0.190. The quantitative estimate of drug-likeness (QED) is 0.486. The maximum atomic E-state index is 12.8. The van der Waals surface area contributed by atoms with Crippen LogP contribution < -0.4 is 20.7 Å². The lowest BCUT2D eigenvalue weighted by atomic mass is 10.0. The summed E-state index contributed by atoms with van der Waals surface area (Å²) < 4.78 is 29.7. The van der Waals surface area contributed by atoms with Gasteiger partial charge in [-0.05, 0) is 48.5 Å². The van der Waals surface area contributed by atoms with Crippen LogP contribution in [0.1, 0.15) is 10.4 Å². The lowest BCUT2D eigenvalue weighted by Gasteiger charge is -2.21. The van der Waals surface area contributed by atoms with E-state index in [-0.39, 0.29) is 18.1 Å². The molecule has 1 aromatic heterocycles. The van der Waals surface area contributed by atoms with Crippen LogP contribution in [0.15, 0.2) is 54.7 Å². The van der Waals surface area contributed by atoms with E-state index in [0.717, 1.165) is 5.69 Å². The van der Waals surface area contributed by atoms with Gasteiger partial charge in [-0.25, -0.2) is 0 Å². The number of aromatic nitrogens is 2. The Labute approximate surface area is 186 Å². The first kappa shape index (κ1) is 21.7. The van der Waals surface area contributed by atoms with Gasteiger partial charge in [0.1, 0.15) is 5.75 Å². The number of carbonyl (C=O) groups excluding carboxylic acids is 2. The van der Waals surface area contributed by atoms with E-state index in [1.807, 2.05) is 4.90 Å². The van der Waals surface area contributed by atoms with Gasteiger partial charge in [0.25, 0.3) is 5.91 Å². The van der Waals surface area contributed by atoms with E-state index < -0.39 is 17.5 Å². The van der Waals surface area contributed by atoms with Gasteiger partial charge in [-0.2, -0.15) is 5.10 Å². The SMILES string of the molecule is N[C@H]1CN(c2ccc(C(=O)Nc3ccc(OC(F)(F)Cl)cc3)cc2-c2ccn[nH]2)CC1=O. The predicted octanol–water partition coefficient (Wildman–Crippen LogP) is 3.21. The fourth-order valence-corrected chi connectivity index (χ4v) is 3.50. The lowest BCUT2D eigenvalue weighted by Crippen LogP contribution is -2.29. The highest BCUT2D eigenvalue weighted by molar-refractivity contribution is 6.20. The van der Waals surface area contributed by atoms with E-state index in [0.29, 0.717) is 29.1 Å². The average Bonchev–Trinajstić information content (AvgIpc) is 3.38. The van der Waals surface area contributed by atoms with Crippen LogP contribution in [-0.2, 0) is 4.79 Å². The number of nitrogens with zero attached hydrogens (tertiary/aromatic N) is 2. The standard InChI is InChI=1S/C21H18ClF2N5O3/c22-21(23,24)32-14-4-2-13(3-5-14)27-20(31)12-1-6-18(29-10-16(25)19(30)11-29)15(9-12)17-7-8-26-28-17/h1-9,16H,10-11,25H2,(H,26,28)(H,27,31)/t16-/m0/s1. The minimum atomic E-state index is -3.82. The van der Waals surface area contributed by atoms with Crippen molar-refractivity contribution in [3.8, 4) is 17.0 Å². The van der Waals surface area contributed by atoms with Crippen molar-refractivity contribution in [2.75, 3.05) is 23.3 Å². The van der Waals surface area contributed by atoms with Crippen LogP contribution in [-0.4, -0.2) is 46.6 Å². The summed E-state index contributed by atoms with van der Waals surface area (Å²) in [5.41, 5.74) is 4.86. The summed E-state index contributed by atoms with van der Waals surface area (Å²) in [6, 6.07) is 11.6. The molecule has 2 aromatic carbocycles. The zero-order valence-corrected chi connectivity index (χ0v) is 17.3. The summed E-state index contributed by atoms with van der Waals surface area (Å²) in [4.78, 5) is 26.6. The first-order chi connectivity index (χ1) is 15.2. The Morgan fingerprint density at radius 2 is 2.00 bits per heavy atom. The Balaban J connectivity index is 1.56. The number of amides is 1. The van der Waals surface area contributed by atoms with Gasteiger partial charge in [0, 0.05) is 46.8 Å². The second kappa shape index (κ2) is 8.56. The van der Waals surface area contributed by atoms with Crippen LogP contribution in [0.4, 0.5) is 20.2 Å². The summed E-state index contributed by atoms with van der Waals surface area (Å²) in [5.74, 6) is -0.614. The molecule has 32 heavy (non-hydrogen) atoms. The molecule has 1 fully saturated rings. The molecule has 1 aliphatic rings. The van der Waals surface area contributed by atoms with Gasteiger partial charge < -0.3 is 20.7 Å². The molecular formula is C21H18ClF2N5O3. The molecule has 1 saturated heterocycles. The van der Waals surface area contributed by atoms with Gasteiger partial charge >= 0.3 is 5.57 Å². The normalized spacial score (nSPS) is 16.3. The van der Waals surface area contributed by atoms with Crippen molar-refractivity contribution >= 4 is 34.7 Å². The number of Topliss-reactive ketones (excluding diaryl/α,β-unsaturated/α-hetero) is 1. The number of hydrogen-bond donors (Lipinski definition) is 3. The summed E-state index contributed by atoms with van der Waals surface area (Å²) in [6.07, 6.45) is 1.58. The number of ketones is 1. The highest BCUT2D eigenvalue weighted by Crippen LogP contribution is 2.32. The zero-order valence-electron chi connectivity index (χ0n) is 16.5. The molecule has 4 N–H and O–H groups in total. The number of carbonyl (C=O) groups is 2. The molecule has 8 nitrogen and oxygen atoms in total. The van der Waals surface area contributed by atoms with E-state index in [1.165, 1.54) is 24.3 Å². The molecule has 0 aliphatic carbocycles. The molecule has 1 atom stereocenters. The molecule has 166 valence electrons. The van der Waals surface area contributed by atoms with Crippen molar-refractivity contribution in [3.63, 3.8) is 0 Å². The van der Waals surface area contributed by atoms with Gasteiger partial charge in [-0.15, -0.1) is 8.78 Å². The Morgan fingerprint density at radius 1 is 1.25 bits per heavy atom. The Morgan fingerprint density at radius 3 is 2.59 bits per heavy atom. The molecule has 4 rings (SSSR count). The van der Waals surface area contributed by atoms with Gasteiger partial charge in [0.15, 0.2) is 5.78 Å². The maximum absolute atomic E-state index is 12.8. The average molecular weight is 462 g/mol. The van der Waals surface area contributed by atoms with E-state index in [9.17, 15) is 18.4 Å². The highest BCUT2D eigenvalue weighted by atomic mass is 35.5. The number of H-pyrrole nitrogens is 1. The van der Waals surface area contributed by atoms with Gasteiger partial charge in [-0.3, -0.25) is 14.7 Å². The molecule has 0 spiro atoms. The number of ether oxygens (including phenoxy) is 1. The predicted molar refractivity (Wildman–Crippen MR) is 115 cm³/mol. The summed E-state index contributed by atoms with van der Waals surface area (Å²) in [5, 5.41) is 9.53. The van der Waals surface area contributed by atoms with Crippen LogP contribution in [0.2, 0.25) is 0 Å². The van der Waals surface area contributed by atoms with Gasteiger partial charge in [-0.1, -0.05) is 0 Å². The van der Waals surface area contributed by atoms with Gasteiger partial charge in [0.05, 0.1) is 18.3 Å². The Kier molecular flexibility index (Phi) is 5.81. The van der Waals surface area contributed by atoms with Crippen molar-refractivity contribution in [1.82, 2.24) is 10.2 Å². The summed E-state index contributed by atoms with van der Waals surface area (Å²) in [7, 11) is 0. The summed E-state index contributed by atoms with van der Waals surface area (Å²) >= 11 is 4.74. The van der Waals surface area contributed by atoms with E-state index in [2.05, 4.69) is 20.3 Å². The largest absolute Gasteiger partial charge is 0.487 e. The van der Waals surface area contributed by atoms with Crippen LogP contribution in [0.5, 0.6) is 5.75 Å². The molecule has 0 unspecified atom stereocenters. The van der Waals surface area contributed by atoms with Crippen LogP contribution in [0, 0.1) is 0 Å². The number of alkyl halides is 3. The molecule has 2 heterocycles. The molecular weight excluding hydrogens is 444 g/mol. The van der Waals surface area contributed by atoms with Gasteiger partial charge in [0.2, 0.25) is 0 Å². The highest BCUT2D eigenvalue weighted by Gasteiger charge is 2.30. The second-order valence-electron chi connectivity index (χ2n) is 7.18. The minimum Gasteiger partial charge on any atom is -0.420 e. The topological polar surface area (TPSA) is 113 Å². The molecule has 1 aliphatic heterocycles. The smallest absolute Gasteiger partial charge is 0.420 e. The van der Waals surface area contributed by atoms with E-state index in [1.54, 1.807) is 30.5 Å². The number of benzene rings is 2. The number of aromatic amines is 1. The van der Waals surface area contributed by atoms with Crippen molar-refractivity contribution in [3.05, 3.63) is 60.3 Å². The number of anilines is 2. The molecule has 3 aromatic rings. The van der Waals surface area contributed by atoms with Crippen LogP contribution in [0.3, 0.4) is 0 Å². The Bertz CT molecular complexity index is 1130. The number of nitrogens with two attached hydrogens (primary N) is 1. The van der Waals surface area contributed by atoms with Crippen molar-refractivity contribution in [1.29, 1.82) is 0 Å². The number of halogens is 3. The van der Waals surface area contributed by atoms with Crippen molar-refractivity contribution in [2.45, 2.75) is 11.6 Å². The number of nitrogens with one attached hydrogen (secondary N) is 2. The van der Waals surface area contributed by atoms with E-state index >= 15 is 0 Å². The summed E-state index contributed by atoms with van der Waals surface area (Å²) in [6.45, 7) is 0.560. The minimum absolute atomic E-state index is 0.0539. The zero-order chi connectivity index (χ0) is 22.9. The molecule has 1 amide bonds. The third-order valence-corrected chi connectivity index (χ3v) is 4.99. The third kappa shape index (κ3) is 4.87. The number of rotatable bonds is 6. The van der Waals surface area contributed by atoms with Crippen LogP contribution >= 0.6 is 11.6 Å². The lowest BCUT2D eigenvalue weighted by molar-refractivity contribution is -0.117. The third-order valence-electron chi connectivity index (χ3n) is 4.91. The fourth-order valence-electron chi connectivity index (χ4n) is 3.41. The van der Waals surface area contributed by atoms with Crippen molar-refractivity contribution < 1.29 is 23.1 Å². The van der Waals surface area contributed by atoms with E-state index in [4.69, 9.17) is 17.3 Å². The molecule has 0 saturated carbocycles.